The van der Waals surface area contributed by atoms with Gasteiger partial charge in [0.2, 0.25) is 5.30 Å². The summed E-state index contributed by atoms with van der Waals surface area (Å²) in [5.74, 6) is 1.22. The summed E-state index contributed by atoms with van der Waals surface area (Å²) in [7, 11) is -0.295. The topological polar surface area (TPSA) is 35.5 Å². The van der Waals surface area contributed by atoms with Crippen LogP contribution in [0, 0.1) is 0 Å². The van der Waals surface area contributed by atoms with Crippen molar-refractivity contribution in [1.82, 2.24) is 0 Å². The number of rotatable bonds is 4. The van der Waals surface area contributed by atoms with Gasteiger partial charge in [-0.3, -0.25) is 4.52 Å². The first-order valence-corrected chi connectivity index (χ1v) is 6.31. The summed E-state index contributed by atoms with van der Waals surface area (Å²) < 4.78 is 22.3. The van der Waals surface area contributed by atoms with Crippen LogP contribution in [0.5, 0.6) is 11.5 Å². The number of ether oxygens (including phenoxy) is 1. The molecule has 0 saturated carbocycles. The molecule has 0 heterocycles. The van der Waals surface area contributed by atoms with E-state index in [0.717, 1.165) is 0 Å². The highest BCUT2D eigenvalue weighted by atomic mass is 31.1. The lowest BCUT2D eigenvalue weighted by Crippen LogP contribution is -1.98. The number of hydrogen-bond acceptors (Lipinski definition) is 3. The second-order valence-corrected chi connectivity index (χ2v) is 4.58. The molecule has 0 radical (unpaired) electrons. The van der Waals surface area contributed by atoms with E-state index in [4.69, 9.17) is 9.26 Å². The molecule has 3 nitrogen and oxygen atoms in total. The van der Waals surface area contributed by atoms with E-state index in [0.29, 0.717) is 16.8 Å². The van der Waals surface area contributed by atoms with Crippen molar-refractivity contribution >= 4 is 13.3 Å². The van der Waals surface area contributed by atoms with Crippen LogP contribution >= 0.6 is 8.03 Å². The van der Waals surface area contributed by atoms with Gasteiger partial charge < -0.3 is 4.74 Å². The summed E-state index contributed by atoms with van der Waals surface area (Å²) in [6.07, 6.45) is 0. The van der Waals surface area contributed by atoms with Gasteiger partial charge in [-0.25, -0.2) is 0 Å². The van der Waals surface area contributed by atoms with Crippen LogP contribution < -0.4 is 14.6 Å². The zero-order chi connectivity index (χ0) is 12.1. The predicted octanol–water partition coefficient (Wildman–Crippen LogP) is 3.14. The Balaban J connectivity index is 2.13. The van der Waals surface area contributed by atoms with Crippen molar-refractivity contribution < 1.29 is 13.8 Å². The molecule has 0 aliphatic heterocycles. The van der Waals surface area contributed by atoms with Gasteiger partial charge in [-0.05, 0) is 28.8 Å². The van der Waals surface area contributed by atoms with Crippen molar-refractivity contribution in [2.24, 2.45) is 0 Å². The highest BCUT2D eigenvalue weighted by Gasteiger charge is 2.23. The predicted molar refractivity (Wildman–Crippen MR) is 67.3 cm³/mol. The molecule has 0 bridgehead atoms. The van der Waals surface area contributed by atoms with Crippen molar-refractivity contribution in [3.8, 4) is 11.5 Å². The first-order valence-electron chi connectivity index (χ1n) is 5.14. The Morgan fingerprint density at radius 3 is 2.35 bits per heavy atom. The van der Waals surface area contributed by atoms with Crippen LogP contribution in [0.4, 0.5) is 0 Å². The van der Waals surface area contributed by atoms with Crippen LogP contribution in [-0.2, 0) is 4.57 Å². The van der Waals surface area contributed by atoms with Crippen LogP contribution in [0.2, 0.25) is 0 Å². The van der Waals surface area contributed by atoms with Gasteiger partial charge in [0.15, 0.2) is 5.75 Å². The molecule has 2 aromatic rings. The van der Waals surface area contributed by atoms with Crippen LogP contribution in [0.15, 0.2) is 54.6 Å². The van der Waals surface area contributed by atoms with Gasteiger partial charge in [-0.15, -0.1) is 0 Å². The van der Waals surface area contributed by atoms with E-state index in [1.165, 1.54) is 0 Å². The monoisotopic (exact) mass is 247 g/mol. The lowest BCUT2D eigenvalue weighted by Gasteiger charge is -1.99. The standard InChI is InChI=1S/C13H12O3P/c1-15-11-6-5-7-12(10-11)16-17(14)13-8-3-2-4-9-13/h2-10H,1H3/q+1. The van der Waals surface area contributed by atoms with Crippen molar-refractivity contribution in [1.29, 1.82) is 0 Å². The maximum Gasteiger partial charge on any atom is 0.597 e. The highest BCUT2D eigenvalue weighted by Crippen LogP contribution is 2.28. The maximum atomic E-state index is 11.9. The Labute approximate surface area is 101 Å². The molecule has 0 saturated heterocycles. The second kappa shape index (κ2) is 5.46. The molecular formula is C13H12O3P+. The van der Waals surface area contributed by atoms with E-state index in [2.05, 4.69) is 0 Å². The molecule has 0 N–H and O–H groups in total. The molecule has 1 unspecified atom stereocenters. The van der Waals surface area contributed by atoms with E-state index in [-0.39, 0.29) is 0 Å². The minimum Gasteiger partial charge on any atom is -0.497 e. The summed E-state index contributed by atoms with van der Waals surface area (Å²) in [5.41, 5.74) is 0. The summed E-state index contributed by atoms with van der Waals surface area (Å²) in [6, 6.07) is 16.1. The first-order chi connectivity index (χ1) is 8.29. The van der Waals surface area contributed by atoms with Crippen LogP contribution in [0.1, 0.15) is 0 Å². The molecule has 0 aromatic heterocycles. The molecule has 4 heteroatoms. The van der Waals surface area contributed by atoms with E-state index in [9.17, 15) is 4.57 Å². The molecule has 2 rings (SSSR count). The molecule has 2 aromatic carbocycles. The molecule has 0 fully saturated rings. The van der Waals surface area contributed by atoms with Crippen molar-refractivity contribution in [2.45, 2.75) is 0 Å². The number of benzene rings is 2. The molecular weight excluding hydrogens is 235 g/mol. The minimum atomic E-state index is -1.87. The lowest BCUT2D eigenvalue weighted by atomic mass is 10.3. The molecule has 0 aliphatic carbocycles. The van der Waals surface area contributed by atoms with Crippen molar-refractivity contribution in [3.05, 3.63) is 54.6 Å². The third-order valence-corrected chi connectivity index (χ3v) is 3.29. The fourth-order valence-electron chi connectivity index (χ4n) is 1.36. The molecule has 0 amide bonds. The molecule has 17 heavy (non-hydrogen) atoms. The Morgan fingerprint density at radius 1 is 0.941 bits per heavy atom. The van der Waals surface area contributed by atoms with Gasteiger partial charge in [0.05, 0.1) is 7.11 Å². The smallest absolute Gasteiger partial charge is 0.497 e. The van der Waals surface area contributed by atoms with Crippen molar-refractivity contribution in [2.75, 3.05) is 7.11 Å². The Bertz CT molecular complexity index is 511. The summed E-state index contributed by atoms with van der Waals surface area (Å²) >= 11 is 0. The average molecular weight is 247 g/mol. The van der Waals surface area contributed by atoms with Crippen molar-refractivity contribution in [3.63, 3.8) is 0 Å². The Kier molecular flexibility index (Phi) is 3.73. The number of methoxy groups -OCH3 is 1. The zero-order valence-corrected chi connectivity index (χ0v) is 10.3. The average Bonchev–Trinajstić information content (AvgIpc) is 2.40. The van der Waals surface area contributed by atoms with Gasteiger partial charge in [0, 0.05) is 6.07 Å². The Hall–Kier alpha value is -1.86. The fourth-order valence-corrected chi connectivity index (χ4v) is 2.18. The summed E-state index contributed by atoms with van der Waals surface area (Å²) in [6.45, 7) is 0. The van der Waals surface area contributed by atoms with Gasteiger partial charge in [0.1, 0.15) is 5.75 Å². The highest BCUT2D eigenvalue weighted by molar-refractivity contribution is 7.48. The van der Waals surface area contributed by atoms with E-state index < -0.39 is 8.03 Å². The van der Waals surface area contributed by atoms with E-state index in [1.54, 1.807) is 37.4 Å². The maximum absolute atomic E-state index is 11.9. The van der Waals surface area contributed by atoms with Gasteiger partial charge >= 0.3 is 8.03 Å². The van der Waals surface area contributed by atoms with Crippen LogP contribution in [0.3, 0.4) is 0 Å². The lowest BCUT2D eigenvalue weighted by molar-refractivity contribution is 0.412. The van der Waals surface area contributed by atoms with Crippen LogP contribution in [0.25, 0.3) is 0 Å². The van der Waals surface area contributed by atoms with Gasteiger partial charge in [0.25, 0.3) is 0 Å². The normalized spacial score (nSPS) is 10.8. The first kappa shape index (κ1) is 11.6. The summed E-state index contributed by atoms with van der Waals surface area (Å²) in [5, 5.41) is 0.672. The quantitative estimate of drug-likeness (QED) is 0.778. The zero-order valence-electron chi connectivity index (χ0n) is 9.37. The van der Waals surface area contributed by atoms with E-state index in [1.807, 2.05) is 24.3 Å². The molecule has 0 spiro atoms. The number of hydrogen-bond donors (Lipinski definition) is 0. The third kappa shape index (κ3) is 3.05. The van der Waals surface area contributed by atoms with Gasteiger partial charge in [-0.2, -0.15) is 0 Å². The van der Waals surface area contributed by atoms with Crippen LogP contribution in [-0.4, -0.2) is 7.11 Å². The second-order valence-electron chi connectivity index (χ2n) is 3.36. The van der Waals surface area contributed by atoms with E-state index >= 15 is 0 Å². The molecule has 1 atom stereocenters. The molecule has 0 aliphatic rings. The molecule has 86 valence electrons. The fraction of sp³-hybridized carbons (Fsp3) is 0.0769. The van der Waals surface area contributed by atoms with Gasteiger partial charge in [-0.1, -0.05) is 24.3 Å². The summed E-state index contributed by atoms with van der Waals surface area (Å²) in [4.78, 5) is 0. The SMILES string of the molecule is COc1cccc(O[P+](=O)c2ccccc2)c1. The largest absolute Gasteiger partial charge is 0.597 e. The minimum absolute atomic E-state index is 0.536. The third-order valence-electron chi connectivity index (χ3n) is 2.20. The Morgan fingerprint density at radius 2 is 1.65 bits per heavy atom.